The van der Waals surface area contributed by atoms with Gasteiger partial charge in [0.25, 0.3) is 0 Å². The summed E-state index contributed by atoms with van der Waals surface area (Å²) in [4.78, 5) is 30.1. The number of hydrogen-bond acceptors (Lipinski definition) is 5. The van der Waals surface area contributed by atoms with Gasteiger partial charge < -0.3 is 19.3 Å². The van der Waals surface area contributed by atoms with E-state index >= 15 is 0 Å². The zero-order valence-electron chi connectivity index (χ0n) is 24.0. The van der Waals surface area contributed by atoms with Crippen LogP contribution in [-0.4, -0.2) is 53.1 Å². The molecule has 0 unspecified atom stereocenters. The molecular weight excluding hydrogens is 514 g/mol. The van der Waals surface area contributed by atoms with Crippen LogP contribution in [0.3, 0.4) is 0 Å². The molecule has 0 aliphatic carbocycles. The number of piperazine rings is 1. The van der Waals surface area contributed by atoms with E-state index in [0.29, 0.717) is 50.4 Å². The van der Waals surface area contributed by atoms with Gasteiger partial charge in [0, 0.05) is 37.7 Å². The predicted molar refractivity (Wildman–Crippen MR) is 159 cm³/mol. The second-order valence-corrected chi connectivity index (χ2v) is 11.1. The SMILES string of the molecule is CC(C)(C)OC(=O)N1CCN(C(=O)CCc2ccccc2Oc2ccccc2C=CC#N)[C@H](Cc2ccccc2)C1. The molecule has 0 aromatic heterocycles. The second kappa shape index (κ2) is 13.7. The normalized spacial score (nSPS) is 15.4. The quantitative estimate of drug-likeness (QED) is 0.293. The third kappa shape index (κ3) is 8.46. The monoisotopic (exact) mass is 551 g/mol. The van der Waals surface area contributed by atoms with Crippen LogP contribution in [0.2, 0.25) is 0 Å². The third-order valence-electron chi connectivity index (χ3n) is 6.83. The molecule has 1 saturated heterocycles. The number of benzene rings is 3. The number of nitrogens with zero attached hydrogens (tertiary/aromatic N) is 3. The molecule has 0 N–H and O–H groups in total. The van der Waals surface area contributed by atoms with E-state index in [0.717, 1.165) is 16.7 Å². The van der Waals surface area contributed by atoms with Gasteiger partial charge in [0.15, 0.2) is 0 Å². The Morgan fingerprint density at radius 2 is 1.63 bits per heavy atom. The van der Waals surface area contributed by atoms with Crippen LogP contribution >= 0.6 is 0 Å². The molecule has 1 aliphatic heterocycles. The average molecular weight is 552 g/mol. The summed E-state index contributed by atoms with van der Waals surface area (Å²) < 4.78 is 11.9. The lowest BCUT2D eigenvalue weighted by Gasteiger charge is -2.42. The molecule has 0 radical (unpaired) electrons. The minimum Gasteiger partial charge on any atom is -0.456 e. The summed E-state index contributed by atoms with van der Waals surface area (Å²) in [5.41, 5.74) is 2.25. The lowest BCUT2D eigenvalue weighted by atomic mass is 10.0. The first-order chi connectivity index (χ1) is 19.7. The lowest BCUT2D eigenvalue weighted by Crippen LogP contribution is -2.57. The van der Waals surface area contributed by atoms with E-state index in [1.807, 2.05) is 111 Å². The third-order valence-corrected chi connectivity index (χ3v) is 6.83. The van der Waals surface area contributed by atoms with Crippen molar-refractivity contribution in [3.8, 4) is 17.6 Å². The molecule has 1 atom stereocenters. The Kier molecular flexibility index (Phi) is 9.81. The summed E-state index contributed by atoms with van der Waals surface area (Å²) in [7, 11) is 0. The van der Waals surface area contributed by atoms with Crippen LogP contribution in [0, 0.1) is 11.3 Å². The maximum absolute atomic E-state index is 13.6. The van der Waals surface area contributed by atoms with Crippen LogP contribution < -0.4 is 4.74 Å². The minimum absolute atomic E-state index is 0.0435. The molecule has 212 valence electrons. The number of para-hydroxylation sites is 2. The second-order valence-electron chi connectivity index (χ2n) is 11.1. The van der Waals surface area contributed by atoms with Crippen molar-refractivity contribution >= 4 is 18.1 Å². The topological polar surface area (TPSA) is 82.9 Å². The number of aryl methyl sites for hydroxylation is 1. The highest BCUT2D eigenvalue weighted by atomic mass is 16.6. The summed E-state index contributed by atoms with van der Waals surface area (Å²) >= 11 is 0. The molecule has 7 nitrogen and oxygen atoms in total. The largest absolute Gasteiger partial charge is 0.456 e. The standard InChI is InChI=1S/C34H37N3O4/c1-34(2,3)41-33(39)36-22-23-37(29(25-36)24-26-12-5-4-6-13-26)32(38)20-19-28-15-8-10-18-31(28)40-30-17-9-7-14-27(30)16-11-21-35/h4-18,29H,19-20,22-25H2,1-3H3/t29-/m1/s1. The summed E-state index contributed by atoms with van der Waals surface area (Å²) in [6.45, 7) is 6.87. The number of rotatable bonds is 8. The highest BCUT2D eigenvalue weighted by molar-refractivity contribution is 5.78. The summed E-state index contributed by atoms with van der Waals surface area (Å²) in [6, 6.07) is 27.1. The van der Waals surface area contributed by atoms with E-state index in [2.05, 4.69) is 0 Å². The van der Waals surface area contributed by atoms with Gasteiger partial charge in [-0.2, -0.15) is 5.26 Å². The van der Waals surface area contributed by atoms with Gasteiger partial charge in [-0.05, 0) is 62.9 Å². The van der Waals surface area contributed by atoms with Crippen molar-refractivity contribution < 1.29 is 19.1 Å². The van der Waals surface area contributed by atoms with Gasteiger partial charge in [-0.3, -0.25) is 4.79 Å². The van der Waals surface area contributed by atoms with E-state index in [-0.39, 0.29) is 18.0 Å². The van der Waals surface area contributed by atoms with Crippen molar-refractivity contribution in [2.24, 2.45) is 0 Å². The molecule has 0 bridgehead atoms. The first-order valence-electron chi connectivity index (χ1n) is 14.0. The van der Waals surface area contributed by atoms with E-state index in [1.165, 1.54) is 6.08 Å². The van der Waals surface area contributed by atoms with Crippen molar-refractivity contribution in [2.45, 2.75) is 51.7 Å². The summed E-state index contributed by atoms with van der Waals surface area (Å²) in [5.74, 6) is 1.36. The molecule has 1 fully saturated rings. The predicted octanol–water partition coefficient (Wildman–Crippen LogP) is 6.64. The average Bonchev–Trinajstić information content (AvgIpc) is 2.95. The smallest absolute Gasteiger partial charge is 0.410 e. The number of carbonyl (C=O) groups excluding carboxylic acids is 2. The zero-order valence-corrected chi connectivity index (χ0v) is 24.0. The maximum atomic E-state index is 13.6. The fourth-order valence-corrected chi connectivity index (χ4v) is 4.89. The Balaban J connectivity index is 1.47. The molecular formula is C34H37N3O4. The summed E-state index contributed by atoms with van der Waals surface area (Å²) in [6.07, 6.45) is 4.26. The van der Waals surface area contributed by atoms with Crippen molar-refractivity contribution in [3.05, 3.63) is 102 Å². The lowest BCUT2D eigenvalue weighted by molar-refractivity contribution is -0.136. The van der Waals surface area contributed by atoms with Crippen molar-refractivity contribution in [1.29, 1.82) is 5.26 Å². The van der Waals surface area contributed by atoms with Crippen molar-refractivity contribution in [1.82, 2.24) is 9.80 Å². The van der Waals surface area contributed by atoms with Crippen LogP contribution in [0.5, 0.6) is 11.5 Å². The molecule has 1 aliphatic rings. The van der Waals surface area contributed by atoms with E-state index in [4.69, 9.17) is 14.7 Å². The highest BCUT2D eigenvalue weighted by Gasteiger charge is 2.34. The van der Waals surface area contributed by atoms with E-state index in [1.54, 1.807) is 11.0 Å². The molecule has 3 aromatic carbocycles. The maximum Gasteiger partial charge on any atom is 0.410 e. The molecule has 0 spiro atoms. The molecule has 3 aromatic rings. The van der Waals surface area contributed by atoms with Crippen LogP contribution in [-0.2, 0) is 22.4 Å². The van der Waals surface area contributed by atoms with E-state index < -0.39 is 5.60 Å². The Morgan fingerprint density at radius 3 is 2.37 bits per heavy atom. The van der Waals surface area contributed by atoms with Crippen LogP contribution in [0.1, 0.15) is 43.9 Å². The molecule has 7 heteroatoms. The Morgan fingerprint density at radius 1 is 0.951 bits per heavy atom. The number of allylic oxidation sites excluding steroid dienone is 1. The molecule has 41 heavy (non-hydrogen) atoms. The Bertz CT molecular complexity index is 1410. The van der Waals surface area contributed by atoms with Crippen LogP contribution in [0.4, 0.5) is 4.79 Å². The summed E-state index contributed by atoms with van der Waals surface area (Å²) in [5, 5.41) is 8.93. The van der Waals surface area contributed by atoms with Gasteiger partial charge in [0.1, 0.15) is 17.1 Å². The number of amides is 2. The van der Waals surface area contributed by atoms with Crippen molar-refractivity contribution in [3.63, 3.8) is 0 Å². The fourth-order valence-electron chi connectivity index (χ4n) is 4.89. The molecule has 1 heterocycles. The first kappa shape index (κ1) is 29.4. The van der Waals surface area contributed by atoms with Crippen LogP contribution in [0.25, 0.3) is 6.08 Å². The fraction of sp³-hybridized carbons (Fsp3) is 0.324. The molecule has 4 rings (SSSR count). The molecule has 0 saturated carbocycles. The van der Waals surface area contributed by atoms with E-state index in [9.17, 15) is 9.59 Å². The van der Waals surface area contributed by atoms with Crippen molar-refractivity contribution in [2.75, 3.05) is 19.6 Å². The Labute approximate surface area is 242 Å². The van der Waals surface area contributed by atoms with Gasteiger partial charge in [-0.25, -0.2) is 4.79 Å². The Hall–Kier alpha value is -4.57. The van der Waals surface area contributed by atoms with Gasteiger partial charge in [-0.15, -0.1) is 0 Å². The highest BCUT2D eigenvalue weighted by Crippen LogP contribution is 2.30. The first-order valence-corrected chi connectivity index (χ1v) is 14.0. The van der Waals surface area contributed by atoms with Crippen LogP contribution in [0.15, 0.2) is 84.9 Å². The molecule has 2 amide bonds. The zero-order chi connectivity index (χ0) is 29.2. The van der Waals surface area contributed by atoms with Gasteiger partial charge in [0.05, 0.1) is 12.1 Å². The number of nitriles is 1. The number of hydrogen-bond donors (Lipinski definition) is 0. The van der Waals surface area contributed by atoms with Gasteiger partial charge >= 0.3 is 6.09 Å². The minimum atomic E-state index is -0.582. The number of carbonyl (C=O) groups is 2. The number of ether oxygens (including phenoxy) is 2. The van der Waals surface area contributed by atoms with Gasteiger partial charge in [0.2, 0.25) is 5.91 Å². The van der Waals surface area contributed by atoms with Gasteiger partial charge in [-0.1, -0.05) is 66.7 Å².